The summed E-state index contributed by atoms with van der Waals surface area (Å²) in [5, 5.41) is 13.5. The maximum absolute atomic E-state index is 12.5. The van der Waals surface area contributed by atoms with E-state index in [1.165, 1.54) is 30.4 Å². The summed E-state index contributed by atoms with van der Waals surface area (Å²) in [5.74, 6) is 0.751. The molecule has 6 heteroatoms. The van der Waals surface area contributed by atoms with Crippen molar-refractivity contribution in [1.82, 2.24) is 15.2 Å². The van der Waals surface area contributed by atoms with Crippen LogP contribution in [0.2, 0.25) is 0 Å². The van der Waals surface area contributed by atoms with E-state index in [4.69, 9.17) is 0 Å². The molecule has 0 atom stereocenters. The number of aromatic nitrogens is 1. The highest BCUT2D eigenvalue weighted by Gasteiger charge is 2.23. The van der Waals surface area contributed by atoms with Crippen LogP contribution < -0.4 is 5.32 Å². The number of halogens is 1. The third-order valence-corrected chi connectivity index (χ3v) is 7.81. The van der Waals surface area contributed by atoms with Crippen LogP contribution in [-0.4, -0.2) is 41.5 Å². The van der Waals surface area contributed by atoms with Gasteiger partial charge >= 0.3 is 0 Å². The van der Waals surface area contributed by atoms with Crippen LogP contribution in [0.3, 0.4) is 0 Å². The number of nitrogens with one attached hydrogen (secondary N) is 2. The van der Waals surface area contributed by atoms with Crippen molar-refractivity contribution in [2.24, 2.45) is 5.92 Å². The maximum Gasteiger partial charge on any atom is 0.244 e. The predicted molar refractivity (Wildman–Crippen MR) is 148 cm³/mol. The van der Waals surface area contributed by atoms with E-state index < -0.39 is 0 Å². The Labute approximate surface area is 220 Å². The number of carbonyl (C=O) groups excluding carboxylic acids is 1. The number of rotatable bonds is 6. The number of fused-ring (bicyclic) bond motifs is 2. The molecule has 5 rings (SSSR count). The molecule has 1 amide bonds. The second-order valence-electron chi connectivity index (χ2n) is 10.1. The first kappa shape index (κ1) is 26.0. The van der Waals surface area contributed by atoms with Crippen molar-refractivity contribution < 1.29 is 4.79 Å². The number of hydrogen-bond acceptors (Lipinski definition) is 3. The van der Waals surface area contributed by atoms with Gasteiger partial charge in [-0.05, 0) is 104 Å². The van der Waals surface area contributed by atoms with Crippen LogP contribution in [0.25, 0.3) is 17.0 Å². The standard InChI is InChI=1S/C30H34N4O.ClH/c31-21-23-4-7-24-14-18-34(19-15-27(24)20-23)17-13-22-5-9-28(10-6-22)33-29(35)11-8-25-2-1-3-26-12-16-32-30(25)26;/h1-4,7-8,11-12,16,20,22,28,32H,5-6,9-10,13-15,17-19H2,(H,33,35);1H/b11-8+;. The summed E-state index contributed by atoms with van der Waals surface area (Å²) in [6.07, 6.45) is 13.4. The molecule has 1 fully saturated rings. The van der Waals surface area contributed by atoms with E-state index in [0.717, 1.165) is 73.3 Å². The minimum absolute atomic E-state index is 0. The second kappa shape index (κ2) is 12.3. The van der Waals surface area contributed by atoms with Gasteiger partial charge in [-0.2, -0.15) is 5.26 Å². The van der Waals surface area contributed by atoms with Gasteiger partial charge < -0.3 is 15.2 Å². The number of hydrogen-bond donors (Lipinski definition) is 2. The fraction of sp³-hybridized carbons (Fsp3) is 0.400. The van der Waals surface area contributed by atoms with Crippen LogP contribution in [-0.2, 0) is 17.6 Å². The molecule has 1 aromatic heterocycles. The Morgan fingerprint density at radius 1 is 1.08 bits per heavy atom. The Morgan fingerprint density at radius 2 is 1.89 bits per heavy atom. The molecular formula is C30H35ClN4O. The number of amides is 1. The Hall–Kier alpha value is -3.07. The largest absolute Gasteiger partial charge is 0.361 e. The van der Waals surface area contributed by atoms with Crippen molar-refractivity contribution in [3.8, 4) is 6.07 Å². The number of carbonyl (C=O) groups is 1. The van der Waals surface area contributed by atoms with Crippen LogP contribution in [0.15, 0.2) is 54.7 Å². The van der Waals surface area contributed by atoms with Gasteiger partial charge in [-0.1, -0.05) is 24.3 Å². The van der Waals surface area contributed by atoms with Gasteiger partial charge in [0.15, 0.2) is 0 Å². The van der Waals surface area contributed by atoms with Crippen molar-refractivity contribution in [3.63, 3.8) is 0 Å². The van der Waals surface area contributed by atoms with E-state index in [2.05, 4.69) is 39.5 Å². The molecule has 2 heterocycles. The van der Waals surface area contributed by atoms with E-state index in [1.54, 1.807) is 6.08 Å². The lowest BCUT2D eigenvalue weighted by Gasteiger charge is -2.30. The van der Waals surface area contributed by atoms with Gasteiger partial charge in [0.1, 0.15) is 0 Å². The van der Waals surface area contributed by atoms with E-state index in [0.29, 0.717) is 0 Å². The third kappa shape index (κ3) is 6.37. The highest BCUT2D eigenvalue weighted by atomic mass is 35.5. The molecule has 36 heavy (non-hydrogen) atoms. The van der Waals surface area contributed by atoms with Gasteiger partial charge in [0, 0.05) is 31.4 Å². The zero-order valence-electron chi connectivity index (χ0n) is 20.7. The van der Waals surface area contributed by atoms with Crippen LogP contribution in [0.5, 0.6) is 0 Å². The van der Waals surface area contributed by atoms with Crippen molar-refractivity contribution in [2.45, 2.75) is 51.0 Å². The third-order valence-electron chi connectivity index (χ3n) is 7.81. The van der Waals surface area contributed by atoms with Crippen LogP contribution in [0.1, 0.15) is 54.4 Å². The summed E-state index contributed by atoms with van der Waals surface area (Å²) in [7, 11) is 0. The van der Waals surface area contributed by atoms with E-state index in [-0.39, 0.29) is 24.4 Å². The fourth-order valence-electron chi connectivity index (χ4n) is 5.69. The van der Waals surface area contributed by atoms with E-state index >= 15 is 0 Å². The number of benzene rings is 2. The monoisotopic (exact) mass is 502 g/mol. The molecule has 2 N–H and O–H groups in total. The molecule has 2 aromatic carbocycles. The van der Waals surface area contributed by atoms with E-state index in [1.807, 2.05) is 36.5 Å². The molecule has 0 radical (unpaired) electrons. The smallest absolute Gasteiger partial charge is 0.244 e. The average Bonchev–Trinajstić information content (AvgIpc) is 3.28. The van der Waals surface area contributed by atoms with Gasteiger partial charge in [-0.15, -0.1) is 12.4 Å². The highest BCUT2D eigenvalue weighted by molar-refractivity contribution is 5.95. The number of nitrogens with zero attached hydrogens (tertiary/aromatic N) is 2. The normalized spacial score (nSPS) is 20.3. The number of H-pyrrole nitrogens is 1. The summed E-state index contributed by atoms with van der Waals surface area (Å²) >= 11 is 0. The lowest BCUT2D eigenvalue weighted by atomic mass is 9.84. The van der Waals surface area contributed by atoms with Crippen LogP contribution >= 0.6 is 12.4 Å². The molecule has 2 aliphatic rings. The Balaban J connectivity index is 0.00000304. The molecule has 188 valence electrons. The molecular weight excluding hydrogens is 468 g/mol. The first-order chi connectivity index (χ1) is 17.2. The van der Waals surface area contributed by atoms with E-state index in [9.17, 15) is 10.1 Å². The topological polar surface area (TPSA) is 71.9 Å². The molecule has 0 unspecified atom stereocenters. The van der Waals surface area contributed by atoms with Gasteiger partial charge in [-0.25, -0.2) is 0 Å². The molecule has 1 aliphatic carbocycles. The molecule has 5 nitrogen and oxygen atoms in total. The molecule has 0 spiro atoms. The molecule has 3 aromatic rings. The summed E-state index contributed by atoms with van der Waals surface area (Å²) in [5.41, 5.74) is 5.63. The van der Waals surface area contributed by atoms with Gasteiger partial charge in [-0.3, -0.25) is 4.79 Å². The van der Waals surface area contributed by atoms with Crippen LogP contribution in [0.4, 0.5) is 0 Å². The summed E-state index contributed by atoms with van der Waals surface area (Å²) in [4.78, 5) is 18.3. The van der Waals surface area contributed by atoms with Crippen LogP contribution in [0, 0.1) is 17.2 Å². The lowest BCUT2D eigenvalue weighted by molar-refractivity contribution is -0.117. The number of nitriles is 1. The fourth-order valence-corrected chi connectivity index (χ4v) is 5.69. The van der Waals surface area contributed by atoms with Crippen molar-refractivity contribution in [2.75, 3.05) is 19.6 Å². The zero-order valence-corrected chi connectivity index (χ0v) is 21.5. The first-order valence-electron chi connectivity index (χ1n) is 13.0. The Morgan fingerprint density at radius 3 is 2.69 bits per heavy atom. The predicted octanol–water partition coefficient (Wildman–Crippen LogP) is 5.64. The maximum atomic E-state index is 12.5. The second-order valence-corrected chi connectivity index (χ2v) is 10.1. The van der Waals surface area contributed by atoms with Gasteiger partial charge in [0.05, 0.1) is 17.1 Å². The molecule has 1 saturated carbocycles. The minimum atomic E-state index is 0. The van der Waals surface area contributed by atoms with Gasteiger partial charge in [0.25, 0.3) is 0 Å². The lowest BCUT2D eigenvalue weighted by Crippen LogP contribution is -2.37. The average molecular weight is 503 g/mol. The quantitative estimate of drug-likeness (QED) is 0.428. The minimum Gasteiger partial charge on any atom is -0.361 e. The van der Waals surface area contributed by atoms with Gasteiger partial charge in [0.2, 0.25) is 5.91 Å². The summed E-state index contributed by atoms with van der Waals surface area (Å²) < 4.78 is 0. The first-order valence-corrected chi connectivity index (χ1v) is 13.0. The SMILES string of the molecule is Cl.N#Cc1ccc2c(c1)CCN(CCC1CCC(NC(=O)/C=C/c3cccc4cc[nH]c34)CC1)CC2. The Kier molecular flexibility index (Phi) is 8.85. The summed E-state index contributed by atoms with van der Waals surface area (Å²) in [6, 6.07) is 16.9. The highest BCUT2D eigenvalue weighted by Crippen LogP contribution is 2.28. The van der Waals surface area contributed by atoms with Crippen molar-refractivity contribution in [1.29, 1.82) is 5.26 Å². The molecule has 0 bridgehead atoms. The molecule has 0 saturated heterocycles. The number of para-hydroxylation sites is 1. The zero-order chi connectivity index (χ0) is 24.0. The van der Waals surface area contributed by atoms with Crippen molar-refractivity contribution in [3.05, 3.63) is 77.0 Å². The molecule has 1 aliphatic heterocycles. The number of aromatic amines is 1. The summed E-state index contributed by atoms with van der Waals surface area (Å²) in [6.45, 7) is 3.33. The van der Waals surface area contributed by atoms with Crippen molar-refractivity contribution >= 4 is 35.3 Å². The Bertz CT molecular complexity index is 1250.